The molecule has 1 aromatic carbocycles. The van der Waals surface area contributed by atoms with Gasteiger partial charge in [-0.05, 0) is 29.6 Å². The molecule has 0 aliphatic heterocycles. The van der Waals surface area contributed by atoms with E-state index < -0.39 is 0 Å². The van der Waals surface area contributed by atoms with Crippen LogP contribution in [0.4, 0.5) is 0 Å². The standard InChI is InChI=1S/C8H2S/c1-2-4-8-7(3-1)5-6-9-8/h1,3H. The molecule has 0 amide bonds. The van der Waals surface area contributed by atoms with Crippen LogP contribution in [0.25, 0.3) is 10.1 Å². The van der Waals surface area contributed by atoms with Crippen molar-refractivity contribution in [3.63, 3.8) is 0 Å². The van der Waals surface area contributed by atoms with Gasteiger partial charge >= 0.3 is 0 Å². The molecule has 0 bridgehead atoms. The minimum absolute atomic E-state index is 1.08. The molecule has 1 heteroatoms. The molecule has 0 unspecified atom stereocenters. The monoisotopic (exact) mass is 130 g/mol. The van der Waals surface area contributed by atoms with Crippen LogP contribution in [-0.4, -0.2) is 0 Å². The van der Waals surface area contributed by atoms with Gasteiger partial charge in [0.05, 0.1) is 5.39 Å². The average molecular weight is 130 g/mol. The third kappa shape index (κ3) is 0.633. The molecule has 1 heterocycles. The highest BCUT2D eigenvalue weighted by molar-refractivity contribution is 7.15. The lowest BCUT2D eigenvalue weighted by molar-refractivity contribution is 1.90. The van der Waals surface area contributed by atoms with Gasteiger partial charge in [-0.25, -0.2) is 0 Å². The summed E-state index contributed by atoms with van der Waals surface area (Å²) in [6.45, 7) is 0. The first kappa shape index (κ1) is 4.68. The van der Waals surface area contributed by atoms with E-state index >= 15 is 0 Å². The summed E-state index contributed by atoms with van der Waals surface area (Å²) in [5, 5.41) is 3.99. The summed E-state index contributed by atoms with van der Waals surface area (Å²) in [5.41, 5.74) is 0. The van der Waals surface area contributed by atoms with Gasteiger partial charge in [0.15, 0.2) is 0 Å². The Morgan fingerprint density at radius 1 is 1.33 bits per heavy atom. The van der Waals surface area contributed by atoms with Crippen LogP contribution < -0.4 is 0 Å². The molecule has 0 N–H and O–H groups in total. The van der Waals surface area contributed by atoms with E-state index in [0.29, 0.717) is 0 Å². The second kappa shape index (κ2) is 1.65. The lowest BCUT2D eigenvalue weighted by Gasteiger charge is -1.73. The number of hydrogen-bond donors (Lipinski definition) is 0. The first-order chi connectivity index (χ1) is 4.47. The van der Waals surface area contributed by atoms with E-state index in [4.69, 9.17) is 0 Å². The fraction of sp³-hybridized carbons (Fsp3) is 0. The van der Waals surface area contributed by atoms with E-state index in [1.165, 1.54) is 11.3 Å². The topological polar surface area (TPSA) is 0 Å². The van der Waals surface area contributed by atoms with Crippen LogP contribution in [0.3, 0.4) is 0 Å². The lowest BCUT2D eigenvalue weighted by Crippen LogP contribution is -1.52. The first-order valence-corrected chi connectivity index (χ1v) is 3.39. The van der Waals surface area contributed by atoms with Crippen LogP contribution in [0.2, 0.25) is 0 Å². The summed E-state index contributed by atoms with van der Waals surface area (Å²) in [6.07, 6.45) is 0. The van der Waals surface area contributed by atoms with Gasteiger partial charge in [-0.2, -0.15) is 0 Å². The molecule has 0 aliphatic carbocycles. The molecule has 0 saturated heterocycles. The summed E-state index contributed by atoms with van der Waals surface area (Å²) in [6, 6.07) is 12.6. The second-order valence-corrected chi connectivity index (χ2v) is 2.49. The lowest BCUT2D eigenvalue weighted by atomic mass is 10.3. The summed E-state index contributed by atoms with van der Waals surface area (Å²) in [5.74, 6) is 0. The van der Waals surface area contributed by atoms with Crippen LogP contribution in [-0.2, 0) is 0 Å². The van der Waals surface area contributed by atoms with Crippen LogP contribution in [0.15, 0.2) is 12.1 Å². The van der Waals surface area contributed by atoms with Crippen molar-refractivity contribution in [1.82, 2.24) is 0 Å². The molecule has 0 atom stereocenters. The molecule has 0 nitrogen and oxygen atoms in total. The van der Waals surface area contributed by atoms with Crippen LogP contribution in [0, 0.1) is 23.6 Å². The van der Waals surface area contributed by atoms with Gasteiger partial charge in [-0.3, -0.25) is 0 Å². The third-order valence-electron chi connectivity index (χ3n) is 1.10. The van der Waals surface area contributed by atoms with Gasteiger partial charge in [-0.15, -0.1) is 0 Å². The molecule has 0 spiro atoms. The Kier molecular flexibility index (Phi) is 0.859. The molecule has 0 saturated carbocycles. The average Bonchev–Trinajstić information content (AvgIpc) is 2.33. The maximum absolute atomic E-state index is 2.96. The Hall–Kier alpha value is -1.18. The highest BCUT2D eigenvalue weighted by Gasteiger charge is 1.85. The predicted molar refractivity (Wildman–Crippen MR) is 37.2 cm³/mol. The number of hydrogen-bond acceptors (Lipinski definition) is 1. The van der Waals surface area contributed by atoms with Gasteiger partial charge in [-0.1, -0.05) is 17.4 Å². The Labute approximate surface area is 57.8 Å². The fourth-order valence-corrected chi connectivity index (χ4v) is 1.29. The van der Waals surface area contributed by atoms with E-state index in [1.807, 2.05) is 12.1 Å². The molecule has 9 heavy (non-hydrogen) atoms. The zero-order valence-corrected chi connectivity index (χ0v) is 5.38. The maximum Gasteiger partial charge on any atom is 0.102 e. The molecule has 1 aromatic heterocycles. The summed E-state index contributed by atoms with van der Waals surface area (Å²) < 4.78 is 1.08. The predicted octanol–water partition coefficient (Wildman–Crippen LogP) is 2.10. The zero-order valence-electron chi connectivity index (χ0n) is 4.56. The van der Waals surface area contributed by atoms with Crippen molar-refractivity contribution in [1.29, 1.82) is 0 Å². The summed E-state index contributed by atoms with van der Waals surface area (Å²) >= 11 is 1.52. The Bertz CT molecular complexity index is 279. The molecule has 0 radical (unpaired) electrons. The molecule has 40 valence electrons. The van der Waals surface area contributed by atoms with E-state index in [0.717, 1.165) is 10.1 Å². The zero-order chi connectivity index (χ0) is 6.10. The highest BCUT2D eigenvalue weighted by atomic mass is 32.1. The van der Waals surface area contributed by atoms with Gasteiger partial charge in [0, 0.05) is 0 Å². The largest absolute Gasteiger partial charge is 0.102 e. The van der Waals surface area contributed by atoms with E-state index in [9.17, 15) is 0 Å². The van der Waals surface area contributed by atoms with Crippen molar-refractivity contribution in [3.8, 4) is 0 Å². The molecule has 0 fully saturated rings. The van der Waals surface area contributed by atoms with Crippen LogP contribution >= 0.6 is 11.3 Å². The molecule has 0 aliphatic rings. The fourth-order valence-electron chi connectivity index (χ4n) is 0.686. The van der Waals surface area contributed by atoms with Gasteiger partial charge in [0.2, 0.25) is 0 Å². The van der Waals surface area contributed by atoms with Crippen molar-refractivity contribution in [3.05, 3.63) is 35.7 Å². The molecular weight excluding hydrogens is 128 g/mol. The van der Waals surface area contributed by atoms with Gasteiger partial charge in [0.1, 0.15) is 4.70 Å². The third-order valence-corrected chi connectivity index (χ3v) is 1.83. The number of fused-ring (bicyclic) bond motifs is 1. The van der Waals surface area contributed by atoms with Crippen molar-refractivity contribution >= 4 is 21.4 Å². The van der Waals surface area contributed by atoms with Crippen molar-refractivity contribution in [2.24, 2.45) is 0 Å². The van der Waals surface area contributed by atoms with Gasteiger partial charge < -0.3 is 0 Å². The van der Waals surface area contributed by atoms with E-state index in [1.54, 1.807) is 0 Å². The molecular formula is C8H2S. The Morgan fingerprint density at radius 2 is 2.33 bits per heavy atom. The normalized spacial score (nSPS) is 8.44. The highest BCUT2D eigenvalue weighted by Crippen LogP contribution is 2.11. The second-order valence-electron chi connectivity index (χ2n) is 1.67. The minimum atomic E-state index is 1.08. The minimum Gasteiger partial charge on any atom is -0.0738 e. The smallest absolute Gasteiger partial charge is 0.0738 e. The van der Waals surface area contributed by atoms with Crippen LogP contribution in [0.5, 0.6) is 0 Å². The Balaban J connectivity index is 2.95. The first-order valence-electron chi connectivity index (χ1n) is 2.57. The Morgan fingerprint density at radius 3 is 3.22 bits per heavy atom. The van der Waals surface area contributed by atoms with E-state index in [2.05, 4.69) is 23.6 Å². The van der Waals surface area contributed by atoms with Crippen molar-refractivity contribution in [2.45, 2.75) is 0 Å². The maximum atomic E-state index is 2.96. The van der Waals surface area contributed by atoms with Crippen molar-refractivity contribution < 1.29 is 0 Å². The number of rotatable bonds is 0. The SMILES string of the molecule is c1ccc2c#csc2c#1. The van der Waals surface area contributed by atoms with Gasteiger partial charge in [0.25, 0.3) is 0 Å². The van der Waals surface area contributed by atoms with Crippen molar-refractivity contribution in [2.75, 3.05) is 0 Å². The summed E-state index contributed by atoms with van der Waals surface area (Å²) in [7, 11) is 0. The molecule has 2 aromatic rings. The van der Waals surface area contributed by atoms with Crippen LogP contribution in [0.1, 0.15) is 0 Å². The van der Waals surface area contributed by atoms with E-state index in [-0.39, 0.29) is 0 Å². The quantitative estimate of drug-likeness (QED) is 0.512. The molecule has 2 rings (SSSR count). The summed E-state index contributed by atoms with van der Waals surface area (Å²) in [4.78, 5) is 0.